The van der Waals surface area contributed by atoms with E-state index in [0.717, 1.165) is 18.6 Å². The Kier molecular flexibility index (Phi) is 3.60. The minimum Gasteiger partial charge on any atom is -0.476 e. The number of esters is 1. The molecular formula is C15H20O3. The van der Waals surface area contributed by atoms with Gasteiger partial charge in [0.1, 0.15) is 5.75 Å². The fourth-order valence-corrected chi connectivity index (χ4v) is 2.25. The zero-order valence-electron chi connectivity index (χ0n) is 11.3. The highest BCUT2D eigenvalue weighted by Crippen LogP contribution is 2.28. The molecule has 0 saturated carbocycles. The Morgan fingerprint density at radius 3 is 2.72 bits per heavy atom. The SMILES string of the molecule is CCOC(=O)C(C)(C)Oc1ccc2c(c1)CCC2. The van der Waals surface area contributed by atoms with Crippen LogP contribution in [0.25, 0.3) is 0 Å². The number of ether oxygens (including phenoxy) is 2. The third kappa shape index (κ3) is 2.66. The van der Waals surface area contributed by atoms with E-state index in [0.29, 0.717) is 6.61 Å². The number of aryl methyl sites for hydroxylation is 2. The molecule has 1 aromatic carbocycles. The molecule has 0 heterocycles. The predicted molar refractivity (Wildman–Crippen MR) is 69.8 cm³/mol. The molecule has 1 aromatic rings. The number of carbonyl (C=O) groups excluding carboxylic acids is 1. The highest BCUT2D eigenvalue weighted by molar-refractivity contribution is 5.79. The van der Waals surface area contributed by atoms with Crippen molar-refractivity contribution in [3.8, 4) is 5.75 Å². The first-order chi connectivity index (χ1) is 8.53. The summed E-state index contributed by atoms with van der Waals surface area (Å²) in [5.41, 5.74) is 1.80. The van der Waals surface area contributed by atoms with Crippen LogP contribution >= 0.6 is 0 Å². The third-order valence-electron chi connectivity index (χ3n) is 3.21. The Balaban J connectivity index is 2.11. The van der Waals surface area contributed by atoms with Crippen molar-refractivity contribution in [2.75, 3.05) is 6.61 Å². The van der Waals surface area contributed by atoms with Gasteiger partial charge in [-0.05, 0) is 63.3 Å². The van der Waals surface area contributed by atoms with E-state index < -0.39 is 5.60 Å². The van der Waals surface area contributed by atoms with Crippen LogP contribution < -0.4 is 4.74 Å². The number of fused-ring (bicyclic) bond motifs is 1. The van der Waals surface area contributed by atoms with E-state index >= 15 is 0 Å². The van der Waals surface area contributed by atoms with E-state index in [1.807, 2.05) is 12.1 Å². The standard InChI is InChI=1S/C15H20O3/c1-4-17-14(16)15(2,3)18-13-9-8-11-6-5-7-12(11)10-13/h8-10H,4-7H2,1-3H3. The van der Waals surface area contributed by atoms with Gasteiger partial charge in [-0.2, -0.15) is 0 Å². The molecule has 3 heteroatoms. The van der Waals surface area contributed by atoms with Crippen LogP contribution in [0.4, 0.5) is 0 Å². The maximum absolute atomic E-state index is 11.8. The first-order valence-electron chi connectivity index (χ1n) is 6.51. The summed E-state index contributed by atoms with van der Waals surface area (Å²) in [4.78, 5) is 11.8. The Bertz CT molecular complexity index is 449. The molecule has 2 rings (SSSR count). The van der Waals surface area contributed by atoms with Gasteiger partial charge in [0.15, 0.2) is 5.60 Å². The molecular weight excluding hydrogens is 228 g/mol. The van der Waals surface area contributed by atoms with Crippen LogP contribution in [0.15, 0.2) is 18.2 Å². The highest BCUT2D eigenvalue weighted by Gasteiger charge is 2.31. The summed E-state index contributed by atoms with van der Waals surface area (Å²) >= 11 is 0. The summed E-state index contributed by atoms with van der Waals surface area (Å²) in [7, 11) is 0. The molecule has 0 aliphatic heterocycles. The Morgan fingerprint density at radius 1 is 1.28 bits per heavy atom. The van der Waals surface area contributed by atoms with Gasteiger partial charge in [-0.25, -0.2) is 4.79 Å². The van der Waals surface area contributed by atoms with Gasteiger partial charge in [-0.3, -0.25) is 0 Å². The molecule has 98 valence electrons. The average molecular weight is 248 g/mol. The van der Waals surface area contributed by atoms with Gasteiger partial charge < -0.3 is 9.47 Å². The van der Waals surface area contributed by atoms with Gasteiger partial charge in [0, 0.05) is 0 Å². The van der Waals surface area contributed by atoms with E-state index in [1.165, 1.54) is 17.5 Å². The average Bonchev–Trinajstić information content (AvgIpc) is 2.76. The molecule has 1 aliphatic carbocycles. The Morgan fingerprint density at radius 2 is 2.00 bits per heavy atom. The molecule has 0 amide bonds. The predicted octanol–water partition coefficient (Wildman–Crippen LogP) is 2.90. The van der Waals surface area contributed by atoms with Crippen LogP contribution in [0, 0.1) is 0 Å². The minimum absolute atomic E-state index is 0.328. The molecule has 0 radical (unpaired) electrons. The van der Waals surface area contributed by atoms with Crippen molar-refractivity contribution in [2.24, 2.45) is 0 Å². The van der Waals surface area contributed by atoms with Crippen LogP contribution in [0.2, 0.25) is 0 Å². The fourth-order valence-electron chi connectivity index (χ4n) is 2.25. The monoisotopic (exact) mass is 248 g/mol. The summed E-state index contributed by atoms with van der Waals surface area (Å²) in [6.07, 6.45) is 3.46. The van der Waals surface area contributed by atoms with E-state index in [4.69, 9.17) is 9.47 Å². The highest BCUT2D eigenvalue weighted by atomic mass is 16.6. The van der Waals surface area contributed by atoms with Gasteiger partial charge in [-0.1, -0.05) is 6.07 Å². The number of hydrogen-bond donors (Lipinski definition) is 0. The summed E-state index contributed by atoms with van der Waals surface area (Å²) in [6, 6.07) is 6.08. The first kappa shape index (κ1) is 12.9. The van der Waals surface area contributed by atoms with Gasteiger partial charge in [0.2, 0.25) is 0 Å². The normalized spacial score (nSPS) is 14.2. The van der Waals surface area contributed by atoms with Gasteiger partial charge >= 0.3 is 5.97 Å². The summed E-state index contributed by atoms with van der Waals surface area (Å²) in [6.45, 7) is 5.63. The molecule has 1 aliphatic rings. The molecule has 0 bridgehead atoms. The van der Waals surface area contributed by atoms with Crippen molar-refractivity contribution in [1.82, 2.24) is 0 Å². The molecule has 0 N–H and O–H groups in total. The second kappa shape index (κ2) is 5.01. The van der Waals surface area contributed by atoms with Crippen molar-refractivity contribution in [3.63, 3.8) is 0 Å². The number of hydrogen-bond acceptors (Lipinski definition) is 3. The molecule has 0 unspecified atom stereocenters. The van der Waals surface area contributed by atoms with Crippen molar-refractivity contribution in [3.05, 3.63) is 29.3 Å². The molecule has 0 saturated heterocycles. The maximum atomic E-state index is 11.8. The van der Waals surface area contributed by atoms with Crippen molar-refractivity contribution in [2.45, 2.75) is 45.6 Å². The molecule has 18 heavy (non-hydrogen) atoms. The zero-order valence-corrected chi connectivity index (χ0v) is 11.3. The summed E-state index contributed by atoms with van der Waals surface area (Å²) < 4.78 is 10.8. The number of carbonyl (C=O) groups is 1. The second-order valence-electron chi connectivity index (χ2n) is 5.12. The lowest BCUT2D eigenvalue weighted by atomic mass is 10.1. The van der Waals surface area contributed by atoms with Gasteiger partial charge in [0.05, 0.1) is 6.61 Å². The van der Waals surface area contributed by atoms with E-state index in [2.05, 4.69) is 6.07 Å². The molecule has 3 nitrogen and oxygen atoms in total. The second-order valence-corrected chi connectivity index (χ2v) is 5.12. The summed E-state index contributed by atoms with van der Waals surface area (Å²) in [5, 5.41) is 0. The lowest BCUT2D eigenvalue weighted by Crippen LogP contribution is -2.39. The van der Waals surface area contributed by atoms with Crippen molar-refractivity contribution in [1.29, 1.82) is 0 Å². The van der Waals surface area contributed by atoms with Gasteiger partial charge in [0.25, 0.3) is 0 Å². The fraction of sp³-hybridized carbons (Fsp3) is 0.533. The van der Waals surface area contributed by atoms with Crippen LogP contribution in [0.5, 0.6) is 5.75 Å². The maximum Gasteiger partial charge on any atom is 0.349 e. The molecule has 0 atom stereocenters. The Hall–Kier alpha value is -1.51. The van der Waals surface area contributed by atoms with E-state index in [9.17, 15) is 4.79 Å². The van der Waals surface area contributed by atoms with E-state index in [1.54, 1.807) is 20.8 Å². The summed E-state index contributed by atoms with van der Waals surface area (Å²) in [5.74, 6) is 0.416. The molecule has 0 fully saturated rings. The van der Waals surface area contributed by atoms with Crippen LogP contribution in [-0.2, 0) is 22.4 Å². The quantitative estimate of drug-likeness (QED) is 0.769. The molecule has 0 spiro atoms. The van der Waals surface area contributed by atoms with Crippen LogP contribution in [0.3, 0.4) is 0 Å². The number of rotatable bonds is 4. The minimum atomic E-state index is -0.942. The topological polar surface area (TPSA) is 35.5 Å². The first-order valence-corrected chi connectivity index (χ1v) is 6.51. The lowest BCUT2D eigenvalue weighted by Gasteiger charge is -2.24. The largest absolute Gasteiger partial charge is 0.476 e. The molecule has 0 aromatic heterocycles. The smallest absolute Gasteiger partial charge is 0.349 e. The lowest BCUT2D eigenvalue weighted by molar-refractivity contribution is -0.158. The van der Waals surface area contributed by atoms with Gasteiger partial charge in [-0.15, -0.1) is 0 Å². The third-order valence-corrected chi connectivity index (χ3v) is 3.21. The van der Waals surface area contributed by atoms with Crippen molar-refractivity contribution >= 4 is 5.97 Å². The zero-order chi connectivity index (χ0) is 13.2. The van der Waals surface area contributed by atoms with Crippen LogP contribution in [-0.4, -0.2) is 18.2 Å². The Labute approximate surface area is 108 Å². The van der Waals surface area contributed by atoms with Crippen LogP contribution in [0.1, 0.15) is 38.3 Å². The van der Waals surface area contributed by atoms with E-state index in [-0.39, 0.29) is 5.97 Å². The van der Waals surface area contributed by atoms with Crippen molar-refractivity contribution < 1.29 is 14.3 Å². The number of benzene rings is 1.